The third-order valence-electron chi connectivity index (χ3n) is 4.13. The molecule has 4 heteroatoms. The van der Waals surface area contributed by atoms with Gasteiger partial charge in [0.1, 0.15) is 12.1 Å². The van der Waals surface area contributed by atoms with Crippen LogP contribution in [0, 0.1) is 11.8 Å². The van der Waals surface area contributed by atoms with Gasteiger partial charge in [-0.2, -0.15) is 0 Å². The molecular weight excluding hydrogens is 230 g/mol. The second kappa shape index (κ2) is 6.02. The first-order valence-corrected chi connectivity index (χ1v) is 7.05. The van der Waals surface area contributed by atoms with E-state index in [1.807, 2.05) is 0 Å². The van der Waals surface area contributed by atoms with Crippen molar-refractivity contribution in [3.8, 4) is 0 Å². The lowest BCUT2D eigenvalue weighted by molar-refractivity contribution is -0.154. The van der Waals surface area contributed by atoms with Gasteiger partial charge in [0, 0.05) is 20.1 Å². The van der Waals surface area contributed by atoms with Gasteiger partial charge in [0.05, 0.1) is 6.10 Å². The Labute approximate surface area is 109 Å². The number of ether oxygens (including phenoxy) is 2. The Balaban J connectivity index is 1.80. The molecule has 2 aliphatic rings. The minimum atomic E-state index is -0.178. The summed E-state index contributed by atoms with van der Waals surface area (Å²) in [4.78, 5) is 12.0. The minimum Gasteiger partial charge on any atom is -0.461 e. The van der Waals surface area contributed by atoms with Crippen LogP contribution in [0.5, 0.6) is 0 Å². The number of hydrogen-bond acceptors (Lipinski definition) is 4. The SMILES string of the molecule is COC1CNC(C(=O)OC2CC(C)CC(C)C2)C1. The Kier molecular flexibility index (Phi) is 4.62. The van der Waals surface area contributed by atoms with Gasteiger partial charge in [0.2, 0.25) is 0 Å². The molecule has 18 heavy (non-hydrogen) atoms. The van der Waals surface area contributed by atoms with E-state index in [1.165, 1.54) is 6.42 Å². The molecule has 0 spiro atoms. The van der Waals surface area contributed by atoms with Crippen molar-refractivity contribution in [3.63, 3.8) is 0 Å². The van der Waals surface area contributed by atoms with Crippen LogP contribution in [0.1, 0.15) is 39.5 Å². The Morgan fingerprint density at radius 2 is 1.72 bits per heavy atom. The summed E-state index contributed by atoms with van der Waals surface area (Å²) in [6.07, 6.45) is 4.26. The van der Waals surface area contributed by atoms with Crippen molar-refractivity contribution < 1.29 is 14.3 Å². The minimum absolute atomic E-state index is 0.0964. The highest BCUT2D eigenvalue weighted by molar-refractivity contribution is 5.76. The number of esters is 1. The summed E-state index contributed by atoms with van der Waals surface area (Å²) in [6, 6.07) is -0.178. The average Bonchev–Trinajstić information content (AvgIpc) is 2.75. The molecule has 0 aromatic heterocycles. The molecule has 2 fully saturated rings. The lowest BCUT2D eigenvalue weighted by Crippen LogP contribution is -2.37. The van der Waals surface area contributed by atoms with Crippen LogP contribution >= 0.6 is 0 Å². The normalized spacial score (nSPS) is 40.7. The van der Waals surface area contributed by atoms with Crippen LogP contribution in [0.25, 0.3) is 0 Å². The summed E-state index contributed by atoms with van der Waals surface area (Å²) in [7, 11) is 1.69. The predicted octanol–water partition coefficient (Wildman–Crippen LogP) is 1.73. The lowest BCUT2D eigenvalue weighted by Gasteiger charge is -2.31. The first kappa shape index (κ1) is 13.8. The quantitative estimate of drug-likeness (QED) is 0.780. The first-order chi connectivity index (χ1) is 8.58. The largest absolute Gasteiger partial charge is 0.461 e. The number of rotatable bonds is 3. The molecule has 0 bridgehead atoms. The number of methoxy groups -OCH3 is 1. The van der Waals surface area contributed by atoms with E-state index in [9.17, 15) is 4.79 Å². The van der Waals surface area contributed by atoms with Crippen molar-refractivity contribution in [3.05, 3.63) is 0 Å². The van der Waals surface area contributed by atoms with E-state index in [0.29, 0.717) is 11.8 Å². The van der Waals surface area contributed by atoms with Gasteiger partial charge >= 0.3 is 5.97 Å². The van der Waals surface area contributed by atoms with Crippen LogP contribution < -0.4 is 5.32 Å². The van der Waals surface area contributed by atoms with Gasteiger partial charge in [-0.25, -0.2) is 0 Å². The van der Waals surface area contributed by atoms with E-state index in [4.69, 9.17) is 9.47 Å². The molecule has 1 heterocycles. The topological polar surface area (TPSA) is 47.6 Å². The van der Waals surface area contributed by atoms with Crippen molar-refractivity contribution in [1.82, 2.24) is 5.32 Å². The van der Waals surface area contributed by atoms with Gasteiger partial charge in [-0.05, 0) is 31.1 Å². The fraction of sp³-hybridized carbons (Fsp3) is 0.929. The van der Waals surface area contributed by atoms with E-state index < -0.39 is 0 Å². The Bertz CT molecular complexity index is 285. The Morgan fingerprint density at radius 3 is 2.28 bits per heavy atom. The summed E-state index contributed by atoms with van der Waals surface area (Å²) in [5.41, 5.74) is 0. The van der Waals surface area contributed by atoms with Crippen LogP contribution in [0.15, 0.2) is 0 Å². The molecule has 0 aromatic rings. The monoisotopic (exact) mass is 255 g/mol. The molecule has 104 valence electrons. The number of nitrogens with one attached hydrogen (secondary N) is 1. The summed E-state index contributed by atoms with van der Waals surface area (Å²) >= 11 is 0. The molecule has 0 aromatic carbocycles. The standard InChI is InChI=1S/C14H25NO3/c1-9-4-10(2)6-11(5-9)18-14(16)13-7-12(17-3)8-15-13/h9-13,15H,4-8H2,1-3H3. The van der Waals surface area contributed by atoms with Gasteiger partial charge in [0.15, 0.2) is 0 Å². The van der Waals surface area contributed by atoms with Gasteiger partial charge in [0.25, 0.3) is 0 Å². The van der Waals surface area contributed by atoms with Gasteiger partial charge < -0.3 is 14.8 Å². The van der Waals surface area contributed by atoms with Crippen molar-refractivity contribution >= 4 is 5.97 Å². The van der Waals surface area contributed by atoms with Crippen molar-refractivity contribution in [2.24, 2.45) is 11.8 Å². The maximum absolute atomic E-state index is 12.0. The second-order valence-corrected chi connectivity index (χ2v) is 6.03. The highest BCUT2D eigenvalue weighted by Crippen LogP contribution is 2.30. The van der Waals surface area contributed by atoms with E-state index in [-0.39, 0.29) is 24.2 Å². The summed E-state index contributed by atoms with van der Waals surface area (Å²) in [5, 5.41) is 3.17. The van der Waals surface area contributed by atoms with Gasteiger partial charge in [-0.1, -0.05) is 13.8 Å². The molecule has 1 saturated carbocycles. The Hall–Kier alpha value is -0.610. The van der Waals surface area contributed by atoms with Crippen molar-refractivity contribution in [2.75, 3.05) is 13.7 Å². The summed E-state index contributed by atoms with van der Waals surface area (Å²) in [5.74, 6) is 1.23. The molecule has 1 aliphatic heterocycles. The Morgan fingerprint density at radius 1 is 1.06 bits per heavy atom. The van der Waals surface area contributed by atoms with Gasteiger partial charge in [-0.15, -0.1) is 0 Å². The highest BCUT2D eigenvalue weighted by atomic mass is 16.5. The smallest absolute Gasteiger partial charge is 0.323 e. The van der Waals surface area contributed by atoms with Crippen LogP contribution in [-0.2, 0) is 14.3 Å². The third-order valence-corrected chi connectivity index (χ3v) is 4.13. The number of hydrogen-bond donors (Lipinski definition) is 1. The van der Waals surface area contributed by atoms with Crippen LogP contribution in [0.3, 0.4) is 0 Å². The molecule has 1 aliphatic carbocycles. The fourth-order valence-electron chi connectivity index (χ4n) is 3.28. The number of carbonyl (C=O) groups excluding carboxylic acids is 1. The maximum Gasteiger partial charge on any atom is 0.323 e. The fourth-order valence-corrected chi connectivity index (χ4v) is 3.28. The maximum atomic E-state index is 12.0. The molecule has 4 unspecified atom stereocenters. The number of carbonyl (C=O) groups is 1. The van der Waals surface area contributed by atoms with Crippen molar-refractivity contribution in [1.29, 1.82) is 0 Å². The van der Waals surface area contributed by atoms with E-state index in [0.717, 1.165) is 25.8 Å². The molecule has 0 amide bonds. The average molecular weight is 255 g/mol. The molecule has 0 radical (unpaired) electrons. The molecule has 4 atom stereocenters. The molecule has 1 saturated heterocycles. The molecule has 1 N–H and O–H groups in total. The van der Waals surface area contributed by atoms with E-state index in [2.05, 4.69) is 19.2 Å². The van der Waals surface area contributed by atoms with Gasteiger partial charge in [-0.3, -0.25) is 4.79 Å². The van der Waals surface area contributed by atoms with Crippen LogP contribution in [0.2, 0.25) is 0 Å². The zero-order chi connectivity index (χ0) is 13.1. The predicted molar refractivity (Wildman–Crippen MR) is 69.3 cm³/mol. The highest BCUT2D eigenvalue weighted by Gasteiger charge is 2.33. The third kappa shape index (κ3) is 3.45. The lowest BCUT2D eigenvalue weighted by atomic mass is 9.82. The second-order valence-electron chi connectivity index (χ2n) is 6.03. The zero-order valence-corrected chi connectivity index (χ0v) is 11.6. The van der Waals surface area contributed by atoms with Crippen LogP contribution in [-0.4, -0.2) is 37.9 Å². The zero-order valence-electron chi connectivity index (χ0n) is 11.6. The van der Waals surface area contributed by atoms with E-state index in [1.54, 1.807) is 7.11 Å². The first-order valence-electron chi connectivity index (χ1n) is 7.05. The summed E-state index contributed by atoms with van der Waals surface area (Å²) in [6.45, 7) is 5.23. The molecule has 2 rings (SSSR count). The van der Waals surface area contributed by atoms with Crippen molar-refractivity contribution in [2.45, 2.75) is 57.8 Å². The summed E-state index contributed by atoms with van der Waals surface area (Å²) < 4.78 is 10.9. The molecule has 4 nitrogen and oxygen atoms in total. The van der Waals surface area contributed by atoms with Crippen LogP contribution in [0.4, 0.5) is 0 Å². The molecular formula is C14H25NO3. The van der Waals surface area contributed by atoms with E-state index >= 15 is 0 Å².